The molecule has 3 unspecified atom stereocenters. The van der Waals surface area contributed by atoms with Crippen molar-refractivity contribution in [3.8, 4) is 0 Å². The van der Waals surface area contributed by atoms with Gasteiger partial charge in [0, 0.05) is 25.7 Å². The van der Waals surface area contributed by atoms with E-state index < -0.39 is 11.7 Å². The zero-order chi connectivity index (χ0) is 15.0. The summed E-state index contributed by atoms with van der Waals surface area (Å²) in [6.07, 6.45) is -0.501. The number of alkyl halides is 3. The van der Waals surface area contributed by atoms with Gasteiger partial charge in [0.05, 0.1) is 5.56 Å². The van der Waals surface area contributed by atoms with E-state index in [9.17, 15) is 13.2 Å². The highest BCUT2D eigenvalue weighted by Crippen LogP contribution is 2.41. The van der Waals surface area contributed by atoms with Gasteiger partial charge in [-0.2, -0.15) is 13.2 Å². The first-order chi connectivity index (χ1) is 9.99. The summed E-state index contributed by atoms with van der Waals surface area (Å²) >= 11 is 0. The molecular weight excluding hydrogens is 277 g/mol. The van der Waals surface area contributed by atoms with Crippen LogP contribution in [0, 0.1) is 11.8 Å². The number of fused-ring (bicyclic) bond motifs is 1. The zero-order valence-electron chi connectivity index (χ0n) is 11.9. The van der Waals surface area contributed by atoms with Crippen LogP contribution in [0.25, 0.3) is 0 Å². The largest absolute Gasteiger partial charge is 0.416 e. The summed E-state index contributed by atoms with van der Waals surface area (Å²) in [5.41, 5.74) is 5.97. The van der Waals surface area contributed by atoms with Gasteiger partial charge < -0.3 is 5.73 Å². The Morgan fingerprint density at radius 2 is 1.86 bits per heavy atom. The summed E-state index contributed by atoms with van der Waals surface area (Å²) in [4.78, 5) is 2.28. The van der Waals surface area contributed by atoms with Gasteiger partial charge in [-0.25, -0.2) is 0 Å². The maximum absolute atomic E-state index is 12.9. The molecule has 0 spiro atoms. The molecule has 2 fully saturated rings. The Balaban J connectivity index is 1.80. The molecule has 3 atom stereocenters. The molecule has 1 saturated carbocycles. The van der Waals surface area contributed by atoms with Crippen LogP contribution >= 0.6 is 0 Å². The second-order valence-corrected chi connectivity index (χ2v) is 6.28. The monoisotopic (exact) mass is 298 g/mol. The van der Waals surface area contributed by atoms with Gasteiger partial charge in [0.25, 0.3) is 0 Å². The normalized spacial score (nSPS) is 27.8. The molecule has 0 radical (unpaired) electrons. The van der Waals surface area contributed by atoms with Gasteiger partial charge in [-0.1, -0.05) is 18.6 Å². The highest BCUT2D eigenvalue weighted by atomic mass is 19.4. The lowest BCUT2D eigenvalue weighted by Crippen LogP contribution is -2.32. The maximum atomic E-state index is 12.9. The number of hydrogen-bond donors (Lipinski definition) is 1. The van der Waals surface area contributed by atoms with E-state index in [-0.39, 0.29) is 6.04 Å². The first kappa shape index (κ1) is 14.9. The van der Waals surface area contributed by atoms with E-state index in [0.717, 1.165) is 19.2 Å². The lowest BCUT2D eigenvalue weighted by molar-refractivity contribution is -0.137. The minimum Gasteiger partial charge on any atom is -0.329 e. The van der Waals surface area contributed by atoms with Crippen molar-refractivity contribution < 1.29 is 13.2 Å². The third kappa shape index (κ3) is 2.94. The van der Waals surface area contributed by atoms with E-state index in [1.807, 2.05) is 0 Å². The van der Waals surface area contributed by atoms with Crippen molar-refractivity contribution in [1.29, 1.82) is 0 Å². The number of benzene rings is 1. The Bertz CT molecular complexity index is 489. The Kier molecular flexibility index (Phi) is 3.97. The lowest BCUT2D eigenvalue weighted by Gasteiger charge is -2.28. The highest BCUT2D eigenvalue weighted by molar-refractivity contribution is 5.28. The van der Waals surface area contributed by atoms with Crippen LogP contribution in [0.4, 0.5) is 13.2 Å². The summed E-state index contributed by atoms with van der Waals surface area (Å²) in [6.45, 7) is 2.31. The highest BCUT2D eigenvalue weighted by Gasteiger charge is 2.39. The number of hydrogen-bond acceptors (Lipinski definition) is 2. The summed E-state index contributed by atoms with van der Waals surface area (Å²) in [6, 6.07) is 5.53. The van der Waals surface area contributed by atoms with E-state index >= 15 is 0 Å². The molecule has 21 heavy (non-hydrogen) atoms. The Morgan fingerprint density at radius 1 is 1.19 bits per heavy atom. The number of halogens is 3. The molecule has 1 aliphatic heterocycles. The predicted molar refractivity (Wildman–Crippen MR) is 75.6 cm³/mol. The number of likely N-dealkylation sites (tertiary alicyclic amines) is 1. The first-order valence-corrected chi connectivity index (χ1v) is 7.60. The van der Waals surface area contributed by atoms with Gasteiger partial charge in [-0.3, -0.25) is 4.90 Å². The van der Waals surface area contributed by atoms with Gasteiger partial charge >= 0.3 is 6.18 Å². The average Bonchev–Trinajstić information content (AvgIpc) is 3.00. The molecule has 1 aromatic carbocycles. The first-order valence-electron chi connectivity index (χ1n) is 7.60. The molecule has 1 heterocycles. The van der Waals surface area contributed by atoms with Crippen LogP contribution in [0.1, 0.15) is 36.4 Å². The fraction of sp³-hybridized carbons (Fsp3) is 0.625. The average molecular weight is 298 g/mol. The molecule has 1 aliphatic carbocycles. The Morgan fingerprint density at radius 3 is 2.43 bits per heavy atom. The van der Waals surface area contributed by atoms with E-state index in [1.165, 1.54) is 31.4 Å². The Hall–Kier alpha value is -1.07. The van der Waals surface area contributed by atoms with Gasteiger partial charge in [-0.15, -0.1) is 0 Å². The van der Waals surface area contributed by atoms with Crippen molar-refractivity contribution in [2.24, 2.45) is 17.6 Å². The zero-order valence-corrected chi connectivity index (χ0v) is 11.9. The predicted octanol–water partition coefficient (Wildman–Crippen LogP) is 3.44. The molecule has 1 aromatic rings. The fourth-order valence-electron chi connectivity index (χ4n) is 3.94. The van der Waals surface area contributed by atoms with Crippen LogP contribution in [0.5, 0.6) is 0 Å². The standard InChI is InChI=1S/C16H21F3N2/c17-16(18,19)14-6-2-3-11(7-14)15(8-20)21-9-12-4-1-5-13(12)10-21/h2-3,6-7,12-13,15H,1,4-5,8-10,20H2. The maximum Gasteiger partial charge on any atom is 0.416 e. The van der Waals surface area contributed by atoms with Crippen molar-refractivity contribution in [2.45, 2.75) is 31.5 Å². The van der Waals surface area contributed by atoms with Crippen LogP contribution in [0.3, 0.4) is 0 Å². The van der Waals surface area contributed by atoms with Crippen LogP contribution in [0.2, 0.25) is 0 Å². The van der Waals surface area contributed by atoms with E-state index in [4.69, 9.17) is 5.73 Å². The molecule has 2 nitrogen and oxygen atoms in total. The smallest absolute Gasteiger partial charge is 0.329 e. The van der Waals surface area contributed by atoms with Crippen molar-refractivity contribution >= 4 is 0 Å². The van der Waals surface area contributed by atoms with E-state index in [1.54, 1.807) is 6.07 Å². The molecule has 2 aliphatic rings. The van der Waals surface area contributed by atoms with Crippen molar-refractivity contribution in [1.82, 2.24) is 4.90 Å². The van der Waals surface area contributed by atoms with E-state index in [2.05, 4.69) is 4.90 Å². The quantitative estimate of drug-likeness (QED) is 0.926. The van der Waals surface area contributed by atoms with Crippen LogP contribution in [-0.2, 0) is 6.18 Å². The molecule has 0 bridgehead atoms. The van der Waals surface area contributed by atoms with Crippen molar-refractivity contribution in [2.75, 3.05) is 19.6 Å². The molecule has 5 heteroatoms. The lowest BCUT2D eigenvalue weighted by atomic mass is 10.0. The summed E-state index contributed by atoms with van der Waals surface area (Å²) < 4.78 is 38.6. The molecule has 0 amide bonds. The number of nitrogens with zero attached hydrogens (tertiary/aromatic N) is 1. The van der Waals surface area contributed by atoms with Gasteiger partial charge in [0.1, 0.15) is 0 Å². The Labute approximate surface area is 123 Å². The summed E-state index contributed by atoms with van der Waals surface area (Å²) in [5.74, 6) is 1.43. The van der Waals surface area contributed by atoms with Gasteiger partial charge in [0.15, 0.2) is 0 Å². The van der Waals surface area contributed by atoms with Gasteiger partial charge in [0.2, 0.25) is 0 Å². The minimum absolute atomic E-state index is 0.0992. The molecular formula is C16H21F3N2. The molecule has 116 valence electrons. The van der Waals surface area contributed by atoms with Crippen molar-refractivity contribution in [3.05, 3.63) is 35.4 Å². The number of nitrogens with two attached hydrogens (primary N) is 1. The van der Waals surface area contributed by atoms with Crippen LogP contribution in [0.15, 0.2) is 24.3 Å². The van der Waals surface area contributed by atoms with Crippen molar-refractivity contribution in [3.63, 3.8) is 0 Å². The summed E-state index contributed by atoms with van der Waals surface area (Å²) in [5, 5.41) is 0. The molecule has 0 aromatic heterocycles. The second-order valence-electron chi connectivity index (χ2n) is 6.28. The van der Waals surface area contributed by atoms with Crippen LogP contribution in [-0.4, -0.2) is 24.5 Å². The SMILES string of the molecule is NCC(c1cccc(C(F)(F)F)c1)N1CC2CCCC2C1. The summed E-state index contributed by atoms with van der Waals surface area (Å²) in [7, 11) is 0. The van der Waals surface area contributed by atoms with Gasteiger partial charge in [-0.05, 0) is 42.4 Å². The van der Waals surface area contributed by atoms with Crippen LogP contribution < -0.4 is 5.73 Å². The second kappa shape index (κ2) is 5.61. The topological polar surface area (TPSA) is 29.3 Å². The fourth-order valence-corrected chi connectivity index (χ4v) is 3.94. The minimum atomic E-state index is -4.29. The number of rotatable bonds is 3. The molecule has 2 N–H and O–H groups in total. The molecule has 1 saturated heterocycles. The third-order valence-corrected chi connectivity index (χ3v) is 5.02. The third-order valence-electron chi connectivity index (χ3n) is 5.02. The molecule has 3 rings (SSSR count). The van der Waals surface area contributed by atoms with E-state index in [0.29, 0.717) is 23.9 Å².